The molecule has 0 bridgehead atoms. The number of rotatable bonds is 4. The first-order valence-electron chi connectivity index (χ1n) is 8.30. The number of hydrogen-bond donors (Lipinski definition) is 3. The van der Waals surface area contributed by atoms with Gasteiger partial charge in [-0.05, 0) is 36.8 Å². The SMILES string of the molecule is Cc1ccc(O)c(C(=O)N[C@@H]2CC(O)N(Cc3ccc(Cl)c(Cl)c3)C2)c1. The highest BCUT2D eigenvalue weighted by Crippen LogP contribution is 2.26. The predicted molar refractivity (Wildman–Crippen MR) is 102 cm³/mol. The van der Waals surface area contributed by atoms with Gasteiger partial charge in [-0.1, -0.05) is 40.9 Å². The maximum absolute atomic E-state index is 12.4. The first-order chi connectivity index (χ1) is 12.3. The Morgan fingerprint density at radius 2 is 2.00 bits per heavy atom. The van der Waals surface area contributed by atoms with Gasteiger partial charge in [-0.15, -0.1) is 0 Å². The zero-order chi connectivity index (χ0) is 18.8. The molecule has 3 N–H and O–H groups in total. The highest BCUT2D eigenvalue weighted by molar-refractivity contribution is 6.42. The fraction of sp³-hybridized carbons (Fsp3) is 0.316. The average molecular weight is 395 g/mol. The summed E-state index contributed by atoms with van der Waals surface area (Å²) in [6.45, 7) is 2.86. The Hall–Kier alpha value is -1.79. The van der Waals surface area contributed by atoms with Crippen molar-refractivity contribution < 1.29 is 15.0 Å². The standard InChI is InChI=1S/C19H20Cl2N2O3/c1-11-2-5-17(24)14(6-11)19(26)22-13-8-18(25)23(10-13)9-12-3-4-15(20)16(21)7-12/h2-7,13,18,24-25H,8-10H2,1H3,(H,22,26)/t13-,18?/m1/s1. The van der Waals surface area contributed by atoms with E-state index < -0.39 is 6.23 Å². The Bertz CT molecular complexity index is 828. The number of phenolic OH excluding ortho intramolecular Hbond substituents is 1. The van der Waals surface area contributed by atoms with Gasteiger partial charge in [-0.3, -0.25) is 9.69 Å². The van der Waals surface area contributed by atoms with E-state index in [9.17, 15) is 15.0 Å². The van der Waals surface area contributed by atoms with E-state index in [0.29, 0.717) is 29.6 Å². The van der Waals surface area contributed by atoms with E-state index in [2.05, 4.69) is 5.32 Å². The molecule has 138 valence electrons. The van der Waals surface area contributed by atoms with Gasteiger partial charge in [0.05, 0.1) is 15.6 Å². The first kappa shape index (κ1) is 19.0. The van der Waals surface area contributed by atoms with Crippen LogP contribution >= 0.6 is 23.2 Å². The number of aromatic hydroxyl groups is 1. The summed E-state index contributed by atoms with van der Waals surface area (Å²) in [7, 11) is 0. The highest BCUT2D eigenvalue weighted by atomic mass is 35.5. The summed E-state index contributed by atoms with van der Waals surface area (Å²) >= 11 is 12.0. The second-order valence-electron chi connectivity index (χ2n) is 6.59. The number of halogens is 2. The van der Waals surface area contributed by atoms with E-state index in [1.165, 1.54) is 6.07 Å². The van der Waals surface area contributed by atoms with Crippen molar-refractivity contribution in [1.29, 1.82) is 0 Å². The lowest BCUT2D eigenvalue weighted by atomic mass is 10.1. The van der Waals surface area contributed by atoms with Gasteiger partial charge in [0.2, 0.25) is 0 Å². The smallest absolute Gasteiger partial charge is 0.255 e. The van der Waals surface area contributed by atoms with Crippen molar-refractivity contribution in [2.75, 3.05) is 6.54 Å². The summed E-state index contributed by atoms with van der Waals surface area (Å²) in [5, 5.41) is 24.0. The van der Waals surface area contributed by atoms with E-state index in [4.69, 9.17) is 23.2 Å². The number of aliphatic hydroxyl groups excluding tert-OH is 1. The van der Waals surface area contributed by atoms with Crippen molar-refractivity contribution in [2.45, 2.75) is 32.2 Å². The van der Waals surface area contributed by atoms with Gasteiger partial charge >= 0.3 is 0 Å². The largest absolute Gasteiger partial charge is 0.507 e. The van der Waals surface area contributed by atoms with Crippen LogP contribution in [0.2, 0.25) is 10.0 Å². The Kier molecular flexibility index (Phi) is 5.73. The predicted octanol–water partition coefficient (Wildman–Crippen LogP) is 3.33. The second kappa shape index (κ2) is 7.84. The van der Waals surface area contributed by atoms with Gasteiger partial charge in [0.1, 0.15) is 12.0 Å². The molecule has 1 fully saturated rings. The molecule has 5 nitrogen and oxygen atoms in total. The van der Waals surface area contributed by atoms with Crippen LogP contribution in [0.5, 0.6) is 5.75 Å². The monoisotopic (exact) mass is 394 g/mol. The maximum atomic E-state index is 12.4. The fourth-order valence-corrected chi connectivity index (χ4v) is 3.45. The van der Waals surface area contributed by atoms with E-state index in [0.717, 1.165) is 11.1 Å². The van der Waals surface area contributed by atoms with Gasteiger partial charge in [-0.2, -0.15) is 0 Å². The summed E-state index contributed by atoms with van der Waals surface area (Å²) in [4.78, 5) is 14.3. The van der Waals surface area contributed by atoms with Crippen LogP contribution in [0.3, 0.4) is 0 Å². The van der Waals surface area contributed by atoms with Gasteiger partial charge in [-0.25, -0.2) is 0 Å². The zero-order valence-corrected chi connectivity index (χ0v) is 15.8. The fourth-order valence-electron chi connectivity index (χ4n) is 3.12. The van der Waals surface area contributed by atoms with Crippen LogP contribution in [0.25, 0.3) is 0 Å². The third-order valence-electron chi connectivity index (χ3n) is 4.47. The van der Waals surface area contributed by atoms with Crippen molar-refractivity contribution in [3.63, 3.8) is 0 Å². The lowest BCUT2D eigenvalue weighted by Crippen LogP contribution is -2.37. The van der Waals surface area contributed by atoms with Crippen LogP contribution in [0.15, 0.2) is 36.4 Å². The minimum absolute atomic E-state index is 0.0562. The highest BCUT2D eigenvalue weighted by Gasteiger charge is 2.32. The molecule has 1 aliphatic rings. The molecule has 1 unspecified atom stereocenters. The first-order valence-corrected chi connectivity index (χ1v) is 9.05. The Morgan fingerprint density at radius 1 is 1.23 bits per heavy atom. The van der Waals surface area contributed by atoms with Crippen LogP contribution in [0.4, 0.5) is 0 Å². The minimum atomic E-state index is -0.666. The lowest BCUT2D eigenvalue weighted by molar-refractivity contribution is 0.0328. The van der Waals surface area contributed by atoms with Crippen LogP contribution in [-0.2, 0) is 6.54 Å². The quantitative estimate of drug-likeness (QED) is 0.743. The van der Waals surface area contributed by atoms with Gasteiger partial charge in [0.15, 0.2) is 0 Å². The summed E-state index contributed by atoms with van der Waals surface area (Å²) in [5.41, 5.74) is 2.06. The number of carbonyl (C=O) groups is 1. The zero-order valence-electron chi connectivity index (χ0n) is 14.2. The summed E-state index contributed by atoms with van der Waals surface area (Å²) < 4.78 is 0. The van der Waals surface area contributed by atoms with Crippen LogP contribution < -0.4 is 5.32 Å². The molecule has 0 spiro atoms. The summed E-state index contributed by atoms with van der Waals surface area (Å²) in [6, 6.07) is 10.0. The molecule has 0 saturated carbocycles. The van der Waals surface area contributed by atoms with Gasteiger partial charge < -0.3 is 15.5 Å². The average Bonchev–Trinajstić information content (AvgIpc) is 2.92. The number of nitrogens with zero attached hydrogens (tertiary/aromatic N) is 1. The number of aliphatic hydroxyl groups is 1. The third kappa shape index (κ3) is 4.30. The van der Waals surface area contributed by atoms with E-state index >= 15 is 0 Å². The number of nitrogens with one attached hydrogen (secondary N) is 1. The van der Waals surface area contributed by atoms with E-state index in [-0.39, 0.29) is 23.3 Å². The molecule has 0 radical (unpaired) electrons. The van der Waals surface area contributed by atoms with Crippen molar-refractivity contribution in [2.24, 2.45) is 0 Å². The number of aryl methyl sites for hydroxylation is 1. The number of benzene rings is 2. The second-order valence-corrected chi connectivity index (χ2v) is 7.40. The van der Waals surface area contributed by atoms with Gasteiger partial charge in [0.25, 0.3) is 5.91 Å². The van der Waals surface area contributed by atoms with Gasteiger partial charge in [0, 0.05) is 25.6 Å². The molecule has 26 heavy (non-hydrogen) atoms. The van der Waals surface area contributed by atoms with Crippen molar-refractivity contribution in [3.8, 4) is 5.75 Å². The molecule has 3 rings (SSSR count). The number of hydrogen-bond acceptors (Lipinski definition) is 4. The Labute approximate surface area is 162 Å². The summed E-state index contributed by atoms with van der Waals surface area (Å²) in [5.74, 6) is -0.404. The molecule has 1 aliphatic heterocycles. The van der Waals surface area contributed by atoms with Crippen LogP contribution in [-0.4, -0.2) is 39.8 Å². The third-order valence-corrected chi connectivity index (χ3v) is 5.21. The van der Waals surface area contributed by atoms with E-state index in [1.807, 2.05) is 17.9 Å². The molecule has 1 saturated heterocycles. The molecule has 2 atom stereocenters. The molecule has 2 aromatic carbocycles. The number of phenols is 1. The van der Waals surface area contributed by atoms with Crippen molar-refractivity contribution in [3.05, 3.63) is 63.1 Å². The summed E-state index contributed by atoms with van der Waals surface area (Å²) in [6.07, 6.45) is -0.250. The molecule has 0 aromatic heterocycles. The molecule has 1 heterocycles. The van der Waals surface area contributed by atoms with Crippen LogP contribution in [0.1, 0.15) is 27.9 Å². The molecule has 7 heteroatoms. The van der Waals surface area contributed by atoms with Crippen molar-refractivity contribution in [1.82, 2.24) is 10.2 Å². The van der Waals surface area contributed by atoms with Crippen LogP contribution in [0, 0.1) is 6.92 Å². The molecule has 1 amide bonds. The van der Waals surface area contributed by atoms with Crippen molar-refractivity contribution >= 4 is 29.1 Å². The molecule has 2 aromatic rings. The number of likely N-dealkylation sites (tertiary alicyclic amines) is 1. The van der Waals surface area contributed by atoms with E-state index in [1.54, 1.807) is 24.3 Å². The lowest BCUT2D eigenvalue weighted by Gasteiger charge is -2.20. The normalized spacial score (nSPS) is 20.3. The Balaban J connectivity index is 1.64. The Morgan fingerprint density at radius 3 is 2.73 bits per heavy atom. The number of amides is 1. The number of carbonyl (C=O) groups excluding carboxylic acids is 1. The minimum Gasteiger partial charge on any atom is -0.507 e. The molecular weight excluding hydrogens is 375 g/mol. The molecule has 0 aliphatic carbocycles. The topological polar surface area (TPSA) is 72.8 Å². The maximum Gasteiger partial charge on any atom is 0.255 e. The molecular formula is C19H20Cl2N2O3.